The quantitative estimate of drug-likeness (QED) is 0.380. The highest BCUT2D eigenvalue weighted by Gasteiger charge is 2.38. The van der Waals surface area contributed by atoms with E-state index in [0.717, 1.165) is 27.7 Å². The molecule has 1 atom stereocenters. The molecule has 2 aliphatic rings. The van der Waals surface area contributed by atoms with E-state index in [0.29, 0.717) is 42.4 Å². The van der Waals surface area contributed by atoms with Crippen LogP contribution in [0.3, 0.4) is 0 Å². The van der Waals surface area contributed by atoms with E-state index in [1.165, 1.54) is 0 Å². The first-order chi connectivity index (χ1) is 17.5. The Bertz CT molecular complexity index is 1530. The lowest BCUT2D eigenvalue weighted by molar-refractivity contribution is -0.126. The van der Waals surface area contributed by atoms with Gasteiger partial charge in [-0.25, -0.2) is 4.98 Å². The number of allylic oxidation sites excluding steroid dienone is 1. The topological polar surface area (TPSA) is 99.2 Å². The molecule has 2 aliphatic heterocycles. The fourth-order valence-corrected chi connectivity index (χ4v) is 4.81. The number of amides is 2. The van der Waals surface area contributed by atoms with Crippen molar-refractivity contribution >= 4 is 45.7 Å². The third kappa shape index (κ3) is 4.02. The molecule has 1 unspecified atom stereocenters. The Labute approximate surface area is 208 Å². The van der Waals surface area contributed by atoms with Gasteiger partial charge in [0, 0.05) is 40.9 Å². The predicted molar refractivity (Wildman–Crippen MR) is 139 cm³/mol. The highest BCUT2D eigenvalue weighted by atomic mass is 16.2. The van der Waals surface area contributed by atoms with Crippen LogP contribution in [0.15, 0.2) is 85.2 Å². The van der Waals surface area contributed by atoms with Crippen molar-refractivity contribution in [3.63, 3.8) is 0 Å². The largest absolute Gasteiger partial charge is 0.340 e. The lowest BCUT2D eigenvalue weighted by Gasteiger charge is -2.31. The molecule has 3 heterocycles. The number of fused-ring (bicyclic) bond motifs is 2. The molecule has 0 aliphatic carbocycles. The normalized spacial score (nSPS) is 17.2. The highest BCUT2D eigenvalue weighted by Crippen LogP contribution is 2.34. The summed E-state index contributed by atoms with van der Waals surface area (Å²) in [5, 5.41) is 11.7. The number of aromatic nitrogens is 2. The molecular formula is C28H24N6O2. The maximum Gasteiger partial charge on any atom is 0.255 e. The van der Waals surface area contributed by atoms with Crippen LogP contribution >= 0.6 is 0 Å². The molecule has 0 bridgehead atoms. The summed E-state index contributed by atoms with van der Waals surface area (Å²) in [6.07, 6.45) is 2.91. The number of hydrogen-bond acceptors (Lipinski definition) is 6. The Balaban J connectivity index is 1.22. The van der Waals surface area contributed by atoms with Gasteiger partial charge in [0.05, 0.1) is 0 Å². The van der Waals surface area contributed by atoms with E-state index in [2.05, 4.69) is 56.8 Å². The van der Waals surface area contributed by atoms with Gasteiger partial charge in [-0.05, 0) is 53.9 Å². The maximum absolute atomic E-state index is 13.1. The number of nitrogens with zero attached hydrogens (tertiary/aromatic N) is 3. The first-order valence-corrected chi connectivity index (χ1v) is 11.8. The van der Waals surface area contributed by atoms with Crippen LogP contribution in [0.5, 0.6) is 0 Å². The molecule has 8 heteroatoms. The highest BCUT2D eigenvalue weighted by molar-refractivity contribution is 6.03. The summed E-state index contributed by atoms with van der Waals surface area (Å²) >= 11 is 0. The smallest absolute Gasteiger partial charge is 0.255 e. The Kier molecular flexibility index (Phi) is 5.33. The van der Waals surface area contributed by atoms with E-state index in [-0.39, 0.29) is 11.8 Å². The van der Waals surface area contributed by atoms with Gasteiger partial charge in [0.1, 0.15) is 11.9 Å². The molecule has 3 aromatic carbocycles. The Morgan fingerprint density at radius 1 is 0.972 bits per heavy atom. The minimum atomic E-state index is -0.500. The number of benzene rings is 3. The molecule has 3 N–H and O–H groups in total. The van der Waals surface area contributed by atoms with Gasteiger partial charge in [0.25, 0.3) is 5.91 Å². The molecule has 4 aromatic rings. The number of nitrogens with one attached hydrogen (secondary N) is 3. The SMILES string of the molecule is C=C1CCC(N2Cc3c(Nc4ccnc(Nc5ccc6ccccc6c5)n4)cccc3C2=O)C(=O)N1. The second-order valence-corrected chi connectivity index (χ2v) is 8.99. The summed E-state index contributed by atoms with van der Waals surface area (Å²) in [7, 11) is 0. The van der Waals surface area contributed by atoms with Crippen LogP contribution in [0.25, 0.3) is 10.8 Å². The maximum atomic E-state index is 13.1. The Hall–Kier alpha value is -4.72. The van der Waals surface area contributed by atoms with Gasteiger partial charge >= 0.3 is 0 Å². The van der Waals surface area contributed by atoms with Gasteiger partial charge in [0.15, 0.2) is 0 Å². The Morgan fingerprint density at radius 3 is 2.69 bits per heavy atom. The summed E-state index contributed by atoms with van der Waals surface area (Å²) in [4.78, 5) is 36.3. The van der Waals surface area contributed by atoms with Crippen LogP contribution in [0.2, 0.25) is 0 Å². The average molecular weight is 477 g/mol. The van der Waals surface area contributed by atoms with Crippen LogP contribution in [-0.4, -0.2) is 32.7 Å². The van der Waals surface area contributed by atoms with Gasteiger partial charge in [-0.1, -0.05) is 43.0 Å². The first-order valence-electron chi connectivity index (χ1n) is 11.8. The monoisotopic (exact) mass is 476 g/mol. The number of carbonyl (C=O) groups is 2. The average Bonchev–Trinajstić information content (AvgIpc) is 3.21. The first kappa shape index (κ1) is 21.8. The zero-order valence-corrected chi connectivity index (χ0v) is 19.5. The molecule has 0 radical (unpaired) electrons. The molecule has 1 saturated heterocycles. The van der Waals surface area contributed by atoms with Crippen molar-refractivity contribution in [2.45, 2.75) is 25.4 Å². The number of piperidine rings is 1. The van der Waals surface area contributed by atoms with Crippen molar-refractivity contribution in [3.05, 3.63) is 96.3 Å². The summed E-state index contributed by atoms with van der Waals surface area (Å²) in [5.74, 6) is 0.740. The molecule has 178 valence electrons. The van der Waals surface area contributed by atoms with E-state index in [9.17, 15) is 9.59 Å². The summed E-state index contributed by atoms with van der Waals surface area (Å²) < 4.78 is 0. The minimum absolute atomic E-state index is 0.136. The van der Waals surface area contributed by atoms with E-state index in [4.69, 9.17) is 0 Å². The van der Waals surface area contributed by atoms with Crippen molar-refractivity contribution in [2.75, 3.05) is 10.6 Å². The fraction of sp³-hybridized carbons (Fsp3) is 0.143. The minimum Gasteiger partial charge on any atom is -0.340 e. The molecule has 2 amide bonds. The van der Waals surface area contributed by atoms with E-state index in [1.807, 2.05) is 30.3 Å². The molecule has 1 aromatic heterocycles. The molecule has 36 heavy (non-hydrogen) atoms. The number of anilines is 4. The van der Waals surface area contributed by atoms with Crippen molar-refractivity contribution in [2.24, 2.45) is 0 Å². The summed E-state index contributed by atoms with van der Waals surface area (Å²) in [6.45, 7) is 4.19. The predicted octanol–water partition coefficient (Wildman–Crippen LogP) is 4.87. The fourth-order valence-electron chi connectivity index (χ4n) is 4.81. The lowest BCUT2D eigenvalue weighted by Crippen LogP contribution is -2.49. The van der Waals surface area contributed by atoms with E-state index < -0.39 is 6.04 Å². The van der Waals surface area contributed by atoms with Crippen LogP contribution in [0, 0.1) is 0 Å². The molecule has 0 saturated carbocycles. The van der Waals surface area contributed by atoms with Crippen LogP contribution in [0.4, 0.5) is 23.1 Å². The summed E-state index contributed by atoms with van der Waals surface area (Å²) in [5.41, 5.74) is 3.81. The van der Waals surface area contributed by atoms with Crippen molar-refractivity contribution in [1.82, 2.24) is 20.2 Å². The summed E-state index contributed by atoms with van der Waals surface area (Å²) in [6, 6.07) is 21.1. The van der Waals surface area contributed by atoms with Crippen LogP contribution in [0.1, 0.15) is 28.8 Å². The number of hydrogen-bond donors (Lipinski definition) is 3. The van der Waals surface area contributed by atoms with E-state index in [1.54, 1.807) is 23.2 Å². The molecule has 6 rings (SSSR count). The van der Waals surface area contributed by atoms with Gasteiger partial charge in [-0.2, -0.15) is 4.98 Å². The van der Waals surface area contributed by atoms with Gasteiger partial charge < -0.3 is 20.9 Å². The number of rotatable bonds is 5. The molecule has 0 spiro atoms. The molecule has 8 nitrogen and oxygen atoms in total. The zero-order valence-electron chi connectivity index (χ0n) is 19.5. The van der Waals surface area contributed by atoms with Gasteiger partial charge in [-0.15, -0.1) is 0 Å². The van der Waals surface area contributed by atoms with Gasteiger partial charge in [0.2, 0.25) is 11.9 Å². The van der Waals surface area contributed by atoms with Crippen molar-refractivity contribution in [1.29, 1.82) is 0 Å². The Morgan fingerprint density at radius 2 is 1.83 bits per heavy atom. The lowest BCUT2D eigenvalue weighted by atomic mass is 10.0. The van der Waals surface area contributed by atoms with Gasteiger partial charge in [-0.3, -0.25) is 9.59 Å². The second kappa shape index (κ2) is 8.81. The standard InChI is InChI=1S/C28H24N6O2/c1-17-9-12-24(26(35)30-17)34-16-22-21(27(34)36)7-4-8-23(22)32-25-13-14-29-28(33-25)31-20-11-10-18-5-2-3-6-19(18)15-20/h2-8,10-11,13-15,24H,1,9,12,16H2,(H,30,35)(H2,29,31,32,33). The third-order valence-corrected chi connectivity index (χ3v) is 6.62. The van der Waals surface area contributed by atoms with E-state index >= 15 is 0 Å². The van der Waals surface area contributed by atoms with Crippen molar-refractivity contribution < 1.29 is 9.59 Å². The third-order valence-electron chi connectivity index (χ3n) is 6.62. The number of carbonyl (C=O) groups excluding carboxylic acids is 2. The second-order valence-electron chi connectivity index (χ2n) is 8.99. The van der Waals surface area contributed by atoms with Crippen LogP contribution in [-0.2, 0) is 11.3 Å². The zero-order chi connectivity index (χ0) is 24.6. The molecular weight excluding hydrogens is 452 g/mol. The molecule has 1 fully saturated rings. The van der Waals surface area contributed by atoms with Crippen molar-refractivity contribution in [3.8, 4) is 0 Å². The van der Waals surface area contributed by atoms with Crippen LogP contribution < -0.4 is 16.0 Å².